The molecule has 6 heteroatoms. The summed E-state index contributed by atoms with van der Waals surface area (Å²) in [6, 6.07) is 4.21. The van der Waals surface area contributed by atoms with Crippen LogP contribution in [0, 0.1) is 5.82 Å². The Balaban J connectivity index is 2.83. The van der Waals surface area contributed by atoms with Crippen LogP contribution < -0.4 is 16.6 Å². The average molecular weight is 265 g/mol. The van der Waals surface area contributed by atoms with Gasteiger partial charge in [-0.15, -0.1) is 0 Å². The zero-order valence-corrected chi connectivity index (χ0v) is 11.1. The van der Waals surface area contributed by atoms with Crippen molar-refractivity contribution in [1.29, 1.82) is 0 Å². The van der Waals surface area contributed by atoms with Gasteiger partial charge in [-0.05, 0) is 26.1 Å². The minimum atomic E-state index is -0.607. The molecule has 0 aliphatic rings. The van der Waals surface area contributed by atoms with Crippen LogP contribution in [0.25, 0.3) is 10.9 Å². The van der Waals surface area contributed by atoms with Crippen molar-refractivity contribution in [2.24, 2.45) is 7.05 Å². The molecule has 0 aliphatic heterocycles. The third-order valence-corrected chi connectivity index (χ3v) is 3.28. The molecule has 102 valence electrons. The fourth-order valence-electron chi connectivity index (χ4n) is 2.04. The number of fused-ring (bicyclic) bond motifs is 1. The first-order valence-electron chi connectivity index (χ1n) is 6.02. The van der Waals surface area contributed by atoms with Crippen molar-refractivity contribution in [2.75, 3.05) is 7.05 Å². The molecule has 1 aromatic carbocycles. The van der Waals surface area contributed by atoms with E-state index in [-0.39, 0.29) is 18.0 Å². The van der Waals surface area contributed by atoms with E-state index in [9.17, 15) is 14.0 Å². The monoisotopic (exact) mass is 265 g/mol. The molecule has 0 saturated heterocycles. The van der Waals surface area contributed by atoms with Crippen LogP contribution in [0.15, 0.2) is 27.8 Å². The molecule has 0 saturated carbocycles. The molecule has 1 heterocycles. The SMILES string of the molecule is CNC(C)Cn1c(=O)c2c(F)cccc2n(C)c1=O. The van der Waals surface area contributed by atoms with E-state index in [2.05, 4.69) is 5.32 Å². The molecule has 1 aromatic heterocycles. The quantitative estimate of drug-likeness (QED) is 0.876. The Bertz CT molecular complexity index is 733. The molecule has 1 unspecified atom stereocenters. The van der Waals surface area contributed by atoms with Crippen LogP contribution in [0.1, 0.15) is 6.92 Å². The second kappa shape index (κ2) is 4.97. The first-order valence-corrected chi connectivity index (χ1v) is 6.02. The van der Waals surface area contributed by atoms with Crippen molar-refractivity contribution in [3.8, 4) is 0 Å². The topological polar surface area (TPSA) is 56.0 Å². The number of hydrogen-bond acceptors (Lipinski definition) is 3. The van der Waals surface area contributed by atoms with Gasteiger partial charge in [0.2, 0.25) is 0 Å². The maximum absolute atomic E-state index is 13.8. The highest BCUT2D eigenvalue weighted by atomic mass is 19.1. The maximum atomic E-state index is 13.8. The van der Waals surface area contributed by atoms with Crippen molar-refractivity contribution >= 4 is 10.9 Å². The maximum Gasteiger partial charge on any atom is 0.331 e. The number of likely N-dealkylation sites (N-methyl/N-ethyl adjacent to an activating group) is 1. The van der Waals surface area contributed by atoms with Crippen LogP contribution in [0.5, 0.6) is 0 Å². The summed E-state index contributed by atoms with van der Waals surface area (Å²) in [7, 11) is 3.27. The fraction of sp³-hybridized carbons (Fsp3) is 0.385. The van der Waals surface area contributed by atoms with Crippen molar-refractivity contribution < 1.29 is 4.39 Å². The highest BCUT2D eigenvalue weighted by molar-refractivity contribution is 5.78. The Kier molecular flexibility index (Phi) is 3.53. The lowest BCUT2D eigenvalue weighted by atomic mass is 10.2. The van der Waals surface area contributed by atoms with Gasteiger partial charge in [-0.3, -0.25) is 13.9 Å². The molecular weight excluding hydrogens is 249 g/mol. The minimum Gasteiger partial charge on any atom is -0.315 e. The summed E-state index contributed by atoms with van der Waals surface area (Å²) in [4.78, 5) is 24.4. The summed E-state index contributed by atoms with van der Waals surface area (Å²) in [5.74, 6) is -0.607. The van der Waals surface area contributed by atoms with E-state index in [1.54, 1.807) is 13.1 Å². The summed E-state index contributed by atoms with van der Waals surface area (Å²) in [6.45, 7) is 2.05. The van der Waals surface area contributed by atoms with Gasteiger partial charge < -0.3 is 5.32 Å². The van der Waals surface area contributed by atoms with E-state index < -0.39 is 17.1 Å². The third-order valence-electron chi connectivity index (χ3n) is 3.28. The van der Waals surface area contributed by atoms with Gasteiger partial charge in [0.05, 0.1) is 10.9 Å². The first-order chi connectivity index (χ1) is 8.97. The van der Waals surface area contributed by atoms with Crippen LogP contribution in [0.3, 0.4) is 0 Å². The van der Waals surface area contributed by atoms with Gasteiger partial charge in [0, 0.05) is 19.6 Å². The number of nitrogens with one attached hydrogen (secondary N) is 1. The molecule has 2 rings (SSSR count). The van der Waals surface area contributed by atoms with Gasteiger partial charge in [-0.25, -0.2) is 9.18 Å². The Hall–Kier alpha value is -1.95. The van der Waals surface area contributed by atoms with E-state index in [0.29, 0.717) is 5.52 Å². The molecule has 0 fully saturated rings. The number of aryl methyl sites for hydroxylation is 1. The second-order valence-electron chi connectivity index (χ2n) is 4.58. The smallest absolute Gasteiger partial charge is 0.315 e. The summed E-state index contributed by atoms with van der Waals surface area (Å²) >= 11 is 0. The Morgan fingerprint density at radius 3 is 2.68 bits per heavy atom. The second-order valence-corrected chi connectivity index (χ2v) is 4.58. The number of rotatable bonds is 3. The Labute approximate surface area is 109 Å². The lowest BCUT2D eigenvalue weighted by Gasteiger charge is -2.14. The van der Waals surface area contributed by atoms with Gasteiger partial charge in [-0.1, -0.05) is 6.07 Å². The zero-order chi connectivity index (χ0) is 14.2. The van der Waals surface area contributed by atoms with E-state index in [1.165, 1.54) is 23.7 Å². The molecule has 0 radical (unpaired) electrons. The molecule has 0 spiro atoms. The molecular formula is C13H16FN3O2. The van der Waals surface area contributed by atoms with E-state index in [4.69, 9.17) is 0 Å². The predicted octanol–water partition coefficient (Wildman–Crippen LogP) is 0.447. The molecule has 0 amide bonds. The lowest BCUT2D eigenvalue weighted by Crippen LogP contribution is -2.43. The molecule has 1 atom stereocenters. The molecule has 0 aliphatic carbocycles. The molecule has 1 N–H and O–H groups in total. The minimum absolute atomic E-state index is 0.0482. The molecule has 2 aromatic rings. The summed E-state index contributed by atoms with van der Waals surface area (Å²) in [6.07, 6.45) is 0. The average Bonchev–Trinajstić information content (AvgIpc) is 2.40. The number of hydrogen-bond donors (Lipinski definition) is 1. The van der Waals surface area contributed by atoms with Crippen LogP contribution >= 0.6 is 0 Å². The van der Waals surface area contributed by atoms with Crippen LogP contribution in [0.2, 0.25) is 0 Å². The predicted molar refractivity (Wildman–Crippen MR) is 71.9 cm³/mol. The Morgan fingerprint density at radius 1 is 1.37 bits per heavy atom. The molecule has 5 nitrogen and oxygen atoms in total. The van der Waals surface area contributed by atoms with Crippen LogP contribution in [0.4, 0.5) is 4.39 Å². The number of benzene rings is 1. The highest BCUT2D eigenvalue weighted by Gasteiger charge is 2.15. The third kappa shape index (κ3) is 2.19. The van der Waals surface area contributed by atoms with E-state index in [1.807, 2.05) is 6.92 Å². The van der Waals surface area contributed by atoms with E-state index >= 15 is 0 Å². The number of nitrogens with zero attached hydrogens (tertiary/aromatic N) is 2. The van der Waals surface area contributed by atoms with Crippen LogP contribution in [-0.4, -0.2) is 22.2 Å². The zero-order valence-electron chi connectivity index (χ0n) is 11.1. The van der Waals surface area contributed by atoms with Crippen molar-refractivity contribution in [2.45, 2.75) is 19.5 Å². The summed E-state index contributed by atoms with van der Waals surface area (Å²) < 4.78 is 16.2. The number of aromatic nitrogens is 2. The van der Waals surface area contributed by atoms with Crippen LogP contribution in [-0.2, 0) is 13.6 Å². The van der Waals surface area contributed by atoms with Crippen molar-refractivity contribution in [3.05, 3.63) is 44.9 Å². The number of halogens is 1. The van der Waals surface area contributed by atoms with Gasteiger partial charge in [0.25, 0.3) is 5.56 Å². The van der Waals surface area contributed by atoms with Crippen molar-refractivity contribution in [3.63, 3.8) is 0 Å². The Morgan fingerprint density at radius 2 is 2.05 bits per heavy atom. The summed E-state index contributed by atoms with van der Waals surface area (Å²) in [5.41, 5.74) is -0.716. The van der Waals surface area contributed by atoms with Gasteiger partial charge in [0.1, 0.15) is 5.82 Å². The van der Waals surface area contributed by atoms with Crippen molar-refractivity contribution in [1.82, 2.24) is 14.5 Å². The lowest BCUT2D eigenvalue weighted by molar-refractivity contribution is 0.482. The molecule has 0 bridgehead atoms. The first kappa shape index (κ1) is 13.5. The molecule has 19 heavy (non-hydrogen) atoms. The summed E-state index contributed by atoms with van der Waals surface area (Å²) in [5, 5.41) is 2.90. The highest BCUT2D eigenvalue weighted by Crippen LogP contribution is 2.11. The normalized spacial score (nSPS) is 12.8. The largest absolute Gasteiger partial charge is 0.331 e. The van der Waals surface area contributed by atoms with Gasteiger partial charge >= 0.3 is 5.69 Å². The standard InChI is InChI=1S/C13H16FN3O2/c1-8(15-2)7-17-12(18)11-9(14)5-4-6-10(11)16(3)13(17)19/h4-6,8,15H,7H2,1-3H3. The fourth-order valence-corrected chi connectivity index (χ4v) is 2.04. The van der Waals surface area contributed by atoms with Gasteiger partial charge in [0.15, 0.2) is 0 Å². The van der Waals surface area contributed by atoms with Gasteiger partial charge in [-0.2, -0.15) is 0 Å². The van der Waals surface area contributed by atoms with E-state index in [0.717, 1.165) is 4.57 Å².